The molecule has 2 aliphatic rings. The summed E-state index contributed by atoms with van der Waals surface area (Å²) in [5.74, 6) is 0. The lowest BCUT2D eigenvalue weighted by Crippen LogP contribution is -2.54. The highest BCUT2D eigenvalue weighted by Gasteiger charge is 2.40. The summed E-state index contributed by atoms with van der Waals surface area (Å²) < 4.78 is 0. The first kappa shape index (κ1) is 11.2. The third-order valence-electron chi connectivity index (χ3n) is 4.26. The second-order valence-corrected chi connectivity index (χ2v) is 5.33. The number of hydrogen-bond acceptors (Lipinski definition) is 3. The van der Waals surface area contributed by atoms with E-state index in [4.69, 9.17) is 0 Å². The van der Waals surface area contributed by atoms with Crippen LogP contribution in [-0.2, 0) is 12.0 Å². The zero-order valence-corrected chi connectivity index (χ0v) is 10.6. The Morgan fingerprint density at radius 1 is 1.41 bits per heavy atom. The third-order valence-corrected chi connectivity index (χ3v) is 4.26. The van der Waals surface area contributed by atoms with Gasteiger partial charge in [-0.05, 0) is 25.8 Å². The Kier molecular flexibility index (Phi) is 2.92. The number of H-pyrrole nitrogens is 1. The van der Waals surface area contributed by atoms with E-state index in [-0.39, 0.29) is 5.54 Å². The number of likely N-dealkylation sites (tertiary alicyclic amines) is 1. The molecule has 2 aliphatic heterocycles. The average molecular weight is 234 g/mol. The predicted molar refractivity (Wildman–Crippen MR) is 67.9 cm³/mol. The zero-order valence-electron chi connectivity index (χ0n) is 10.6. The summed E-state index contributed by atoms with van der Waals surface area (Å²) in [6, 6.07) is 0. The van der Waals surface area contributed by atoms with E-state index in [2.05, 4.69) is 27.1 Å². The summed E-state index contributed by atoms with van der Waals surface area (Å²) in [7, 11) is 0. The largest absolute Gasteiger partial charge is 0.348 e. The van der Waals surface area contributed by atoms with Gasteiger partial charge in [0, 0.05) is 31.7 Å². The number of rotatable bonds is 2. The maximum atomic E-state index is 4.57. The SMILES string of the molecule is CCCN1CCC2(CC1)NCCc1[nH]cnc12. The highest BCUT2D eigenvalue weighted by Crippen LogP contribution is 2.35. The summed E-state index contributed by atoms with van der Waals surface area (Å²) in [5.41, 5.74) is 2.81. The molecule has 0 amide bonds. The summed E-state index contributed by atoms with van der Waals surface area (Å²) in [6.45, 7) is 6.99. The zero-order chi connectivity index (χ0) is 11.7. The van der Waals surface area contributed by atoms with Crippen LogP contribution in [0.2, 0.25) is 0 Å². The molecule has 3 heterocycles. The van der Waals surface area contributed by atoms with Gasteiger partial charge in [-0.2, -0.15) is 0 Å². The summed E-state index contributed by atoms with van der Waals surface area (Å²) in [4.78, 5) is 10.4. The van der Waals surface area contributed by atoms with Gasteiger partial charge in [0.15, 0.2) is 0 Å². The molecule has 0 radical (unpaired) electrons. The fraction of sp³-hybridized carbons (Fsp3) is 0.769. The first-order valence-electron chi connectivity index (χ1n) is 6.84. The van der Waals surface area contributed by atoms with E-state index in [0.717, 1.165) is 13.0 Å². The lowest BCUT2D eigenvalue weighted by atomic mass is 9.81. The third kappa shape index (κ3) is 1.89. The maximum Gasteiger partial charge on any atom is 0.0926 e. The Bertz CT molecular complexity index is 377. The smallest absolute Gasteiger partial charge is 0.0926 e. The molecule has 0 aliphatic carbocycles. The molecule has 4 heteroatoms. The van der Waals surface area contributed by atoms with Crippen LogP contribution in [0.25, 0.3) is 0 Å². The van der Waals surface area contributed by atoms with Crippen LogP contribution in [-0.4, -0.2) is 41.0 Å². The fourth-order valence-electron chi connectivity index (χ4n) is 3.32. The lowest BCUT2D eigenvalue weighted by Gasteiger charge is -2.44. The molecule has 0 bridgehead atoms. The van der Waals surface area contributed by atoms with Crippen molar-refractivity contribution in [3.8, 4) is 0 Å². The van der Waals surface area contributed by atoms with E-state index in [1.807, 2.05) is 6.33 Å². The normalized spacial score (nSPS) is 23.8. The van der Waals surface area contributed by atoms with Crippen molar-refractivity contribution in [2.45, 2.75) is 38.1 Å². The molecule has 17 heavy (non-hydrogen) atoms. The minimum absolute atomic E-state index is 0.165. The Hall–Kier alpha value is -0.870. The van der Waals surface area contributed by atoms with Crippen molar-refractivity contribution in [1.82, 2.24) is 20.2 Å². The number of aromatic amines is 1. The van der Waals surface area contributed by atoms with Gasteiger partial charge in [-0.3, -0.25) is 0 Å². The lowest BCUT2D eigenvalue weighted by molar-refractivity contribution is 0.126. The highest BCUT2D eigenvalue weighted by molar-refractivity contribution is 5.26. The van der Waals surface area contributed by atoms with E-state index in [9.17, 15) is 0 Å². The van der Waals surface area contributed by atoms with Crippen LogP contribution in [0, 0.1) is 0 Å². The van der Waals surface area contributed by atoms with Crippen LogP contribution in [0.5, 0.6) is 0 Å². The predicted octanol–water partition coefficient (Wildman–Crippen LogP) is 1.26. The number of nitrogens with zero attached hydrogens (tertiary/aromatic N) is 2. The van der Waals surface area contributed by atoms with Gasteiger partial charge in [0.2, 0.25) is 0 Å². The minimum Gasteiger partial charge on any atom is -0.348 e. The Morgan fingerprint density at radius 3 is 3.00 bits per heavy atom. The molecule has 94 valence electrons. The highest BCUT2D eigenvalue weighted by atomic mass is 15.2. The van der Waals surface area contributed by atoms with Gasteiger partial charge in [-0.25, -0.2) is 4.98 Å². The molecular formula is C13H22N4. The molecule has 0 unspecified atom stereocenters. The summed E-state index contributed by atoms with van der Waals surface area (Å²) >= 11 is 0. The molecule has 1 fully saturated rings. The van der Waals surface area contributed by atoms with Gasteiger partial charge >= 0.3 is 0 Å². The molecule has 0 atom stereocenters. The molecule has 0 saturated carbocycles. The molecule has 1 aromatic rings. The van der Waals surface area contributed by atoms with Crippen molar-refractivity contribution in [3.63, 3.8) is 0 Å². The Morgan fingerprint density at radius 2 is 2.24 bits per heavy atom. The van der Waals surface area contributed by atoms with Crippen LogP contribution in [0.15, 0.2) is 6.33 Å². The number of aromatic nitrogens is 2. The monoisotopic (exact) mass is 234 g/mol. The van der Waals surface area contributed by atoms with Crippen LogP contribution in [0.3, 0.4) is 0 Å². The number of hydrogen-bond donors (Lipinski definition) is 2. The van der Waals surface area contributed by atoms with Crippen molar-refractivity contribution >= 4 is 0 Å². The number of imidazole rings is 1. The summed E-state index contributed by atoms with van der Waals surface area (Å²) in [5, 5.41) is 3.73. The van der Waals surface area contributed by atoms with E-state index in [1.54, 1.807) is 0 Å². The standard InChI is InChI=1S/C13H22N4/c1-2-7-17-8-4-13(5-9-17)12-11(3-6-16-13)14-10-15-12/h10,16H,2-9H2,1H3,(H,14,15). The Labute approximate surface area is 103 Å². The maximum absolute atomic E-state index is 4.57. The molecule has 1 saturated heterocycles. The van der Waals surface area contributed by atoms with Crippen molar-refractivity contribution in [1.29, 1.82) is 0 Å². The van der Waals surface area contributed by atoms with Gasteiger partial charge in [0.25, 0.3) is 0 Å². The van der Waals surface area contributed by atoms with Gasteiger partial charge in [0.05, 0.1) is 17.6 Å². The second-order valence-electron chi connectivity index (χ2n) is 5.33. The van der Waals surface area contributed by atoms with E-state index >= 15 is 0 Å². The molecule has 4 nitrogen and oxygen atoms in total. The molecule has 0 aromatic carbocycles. The van der Waals surface area contributed by atoms with E-state index in [1.165, 1.54) is 50.3 Å². The van der Waals surface area contributed by atoms with E-state index < -0.39 is 0 Å². The fourth-order valence-corrected chi connectivity index (χ4v) is 3.32. The second kappa shape index (κ2) is 4.42. The quantitative estimate of drug-likeness (QED) is 0.809. The van der Waals surface area contributed by atoms with Crippen molar-refractivity contribution < 1.29 is 0 Å². The average Bonchev–Trinajstić information content (AvgIpc) is 2.83. The van der Waals surface area contributed by atoms with Gasteiger partial charge in [-0.15, -0.1) is 0 Å². The van der Waals surface area contributed by atoms with Crippen LogP contribution >= 0.6 is 0 Å². The first-order valence-corrected chi connectivity index (χ1v) is 6.84. The van der Waals surface area contributed by atoms with Crippen LogP contribution in [0.1, 0.15) is 37.6 Å². The van der Waals surface area contributed by atoms with Crippen molar-refractivity contribution in [3.05, 3.63) is 17.7 Å². The number of nitrogens with one attached hydrogen (secondary N) is 2. The van der Waals surface area contributed by atoms with Crippen molar-refractivity contribution in [2.24, 2.45) is 0 Å². The van der Waals surface area contributed by atoms with Crippen LogP contribution in [0.4, 0.5) is 0 Å². The molecule has 1 aromatic heterocycles. The minimum atomic E-state index is 0.165. The number of fused-ring (bicyclic) bond motifs is 2. The van der Waals surface area contributed by atoms with Crippen molar-refractivity contribution in [2.75, 3.05) is 26.2 Å². The van der Waals surface area contributed by atoms with Gasteiger partial charge in [0.1, 0.15) is 0 Å². The van der Waals surface area contributed by atoms with Gasteiger partial charge in [-0.1, -0.05) is 6.92 Å². The molecular weight excluding hydrogens is 212 g/mol. The molecule has 1 spiro atoms. The van der Waals surface area contributed by atoms with Crippen LogP contribution < -0.4 is 5.32 Å². The topological polar surface area (TPSA) is 44.0 Å². The molecule has 2 N–H and O–H groups in total. The summed E-state index contributed by atoms with van der Waals surface area (Å²) in [6.07, 6.45) is 6.61. The number of piperidine rings is 1. The van der Waals surface area contributed by atoms with Gasteiger partial charge < -0.3 is 15.2 Å². The van der Waals surface area contributed by atoms with E-state index in [0.29, 0.717) is 0 Å². The first-order chi connectivity index (χ1) is 8.34. The Balaban J connectivity index is 1.77. The molecule has 3 rings (SSSR count).